The minimum absolute atomic E-state index is 0.00226. The van der Waals surface area contributed by atoms with Gasteiger partial charge in [-0.25, -0.2) is 17.6 Å². The Morgan fingerprint density at radius 2 is 2.11 bits per heavy atom. The molecule has 5 nitrogen and oxygen atoms in total. The Morgan fingerprint density at radius 1 is 1.44 bits per heavy atom. The van der Waals surface area contributed by atoms with Crippen LogP contribution >= 0.6 is 0 Å². The molecule has 0 bridgehead atoms. The van der Waals surface area contributed by atoms with Crippen molar-refractivity contribution in [2.75, 3.05) is 23.9 Å². The predicted octanol–water partition coefficient (Wildman–Crippen LogP) is 1.37. The van der Waals surface area contributed by atoms with Crippen LogP contribution in [0.3, 0.4) is 0 Å². The quantitative estimate of drug-likeness (QED) is 0.766. The Hall–Kier alpha value is -1.63. The summed E-state index contributed by atoms with van der Waals surface area (Å²) in [6.45, 7) is 0.261. The van der Waals surface area contributed by atoms with Gasteiger partial charge in [0.25, 0.3) is 0 Å². The second kappa shape index (κ2) is 5.81. The van der Waals surface area contributed by atoms with E-state index in [0.717, 1.165) is 12.3 Å². The number of anilines is 1. The van der Waals surface area contributed by atoms with Crippen LogP contribution in [0.4, 0.5) is 10.1 Å². The van der Waals surface area contributed by atoms with E-state index in [0.29, 0.717) is 6.42 Å². The average Bonchev–Trinajstić information content (AvgIpc) is 2.22. The molecule has 0 amide bonds. The number of carboxylic acid groups (broad SMARTS) is 1. The molecule has 0 aliphatic heterocycles. The SMILES string of the molecule is CS(=O)(=O)CCCNc1cccc(F)c1C(=O)O. The second-order valence-corrected chi connectivity index (χ2v) is 6.14. The van der Waals surface area contributed by atoms with Gasteiger partial charge in [-0.15, -0.1) is 0 Å². The second-order valence-electron chi connectivity index (χ2n) is 3.88. The van der Waals surface area contributed by atoms with E-state index in [-0.39, 0.29) is 18.0 Å². The molecule has 0 aromatic heterocycles. The molecular formula is C11H14FNO4S. The first-order valence-electron chi connectivity index (χ1n) is 5.24. The number of sulfone groups is 1. The van der Waals surface area contributed by atoms with E-state index in [4.69, 9.17) is 5.11 Å². The number of carbonyl (C=O) groups is 1. The Labute approximate surface area is 105 Å². The Bertz CT molecular complexity index is 542. The third-order valence-electron chi connectivity index (χ3n) is 2.23. The molecule has 0 radical (unpaired) electrons. The highest BCUT2D eigenvalue weighted by molar-refractivity contribution is 7.90. The lowest BCUT2D eigenvalue weighted by Crippen LogP contribution is -2.13. The van der Waals surface area contributed by atoms with Crippen LogP contribution in [-0.2, 0) is 9.84 Å². The number of rotatable bonds is 6. The van der Waals surface area contributed by atoms with Crippen molar-refractivity contribution in [1.29, 1.82) is 0 Å². The van der Waals surface area contributed by atoms with Crippen LogP contribution in [0.1, 0.15) is 16.8 Å². The average molecular weight is 275 g/mol. The zero-order valence-electron chi connectivity index (χ0n) is 9.81. The van der Waals surface area contributed by atoms with Gasteiger partial charge in [-0.2, -0.15) is 0 Å². The molecule has 0 heterocycles. The molecule has 18 heavy (non-hydrogen) atoms. The standard InChI is InChI=1S/C11H14FNO4S/c1-18(16,17)7-3-6-13-9-5-2-4-8(12)10(9)11(14)15/h2,4-5,13H,3,6-7H2,1H3,(H,14,15). The number of hydrogen-bond donors (Lipinski definition) is 2. The summed E-state index contributed by atoms with van der Waals surface area (Å²) < 4.78 is 35.1. The summed E-state index contributed by atoms with van der Waals surface area (Å²) in [5, 5.41) is 11.6. The van der Waals surface area contributed by atoms with Crippen molar-refractivity contribution in [3.05, 3.63) is 29.6 Å². The smallest absolute Gasteiger partial charge is 0.340 e. The predicted molar refractivity (Wildman–Crippen MR) is 66.2 cm³/mol. The number of nitrogens with one attached hydrogen (secondary N) is 1. The van der Waals surface area contributed by atoms with E-state index in [2.05, 4.69) is 5.32 Å². The van der Waals surface area contributed by atoms with Crippen LogP contribution in [0.2, 0.25) is 0 Å². The summed E-state index contributed by atoms with van der Waals surface area (Å²) in [4.78, 5) is 10.9. The highest BCUT2D eigenvalue weighted by Gasteiger charge is 2.15. The van der Waals surface area contributed by atoms with Crippen LogP contribution in [0.5, 0.6) is 0 Å². The van der Waals surface area contributed by atoms with E-state index in [1.54, 1.807) is 0 Å². The van der Waals surface area contributed by atoms with Crippen LogP contribution in [0, 0.1) is 5.82 Å². The first-order valence-corrected chi connectivity index (χ1v) is 7.31. The normalized spacial score (nSPS) is 11.2. The lowest BCUT2D eigenvalue weighted by Gasteiger charge is -2.09. The van der Waals surface area contributed by atoms with Crippen molar-refractivity contribution in [2.24, 2.45) is 0 Å². The molecule has 0 aliphatic carbocycles. The van der Waals surface area contributed by atoms with Gasteiger partial charge < -0.3 is 10.4 Å². The topological polar surface area (TPSA) is 83.5 Å². The fourth-order valence-electron chi connectivity index (χ4n) is 1.45. The van der Waals surface area contributed by atoms with E-state index in [9.17, 15) is 17.6 Å². The summed E-state index contributed by atoms with van der Waals surface area (Å²) in [5.74, 6) is -2.19. The maximum atomic E-state index is 13.3. The molecule has 0 unspecified atom stereocenters. The Balaban J connectivity index is 2.68. The molecule has 0 saturated heterocycles. The van der Waals surface area contributed by atoms with Gasteiger partial charge in [0.05, 0.1) is 11.4 Å². The van der Waals surface area contributed by atoms with Crippen LogP contribution < -0.4 is 5.32 Å². The number of aromatic carboxylic acids is 1. The van der Waals surface area contributed by atoms with E-state index >= 15 is 0 Å². The fraction of sp³-hybridized carbons (Fsp3) is 0.364. The van der Waals surface area contributed by atoms with Crippen LogP contribution in [-0.4, -0.2) is 38.0 Å². The highest BCUT2D eigenvalue weighted by atomic mass is 32.2. The zero-order chi connectivity index (χ0) is 13.8. The van der Waals surface area contributed by atoms with Crippen molar-refractivity contribution in [1.82, 2.24) is 0 Å². The molecule has 2 N–H and O–H groups in total. The van der Waals surface area contributed by atoms with Crippen LogP contribution in [0.15, 0.2) is 18.2 Å². The zero-order valence-corrected chi connectivity index (χ0v) is 10.6. The van der Waals surface area contributed by atoms with Crippen molar-refractivity contribution < 1.29 is 22.7 Å². The molecule has 1 aromatic rings. The minimum Gasteiger partial charge on any atom is -0.478 e. The van der Waals surface area contributed by atoms with Crippen molar-refractivity contribution in [3.8, 4) is 0 Å². The maximum absolute atomic E-state index is 13.3. The number of hydrogen-bond acceptors (Lipinski definition) is 4. The third-order valence-corrected chi connectivity index (χ3v) is 3.27. The fourth-order valence-corrected chi connectivity index (χ4v) is 2.11. The summed E-state index contributed by atoms with van der Waals surface area (Å²) in [5.41, 5.74) is -0.284. The van der Waals surface area contributed by atoms with Crippen LogP contribution in [0.25, 0.3) is 0 Å². The molecule has 1 rings (SSSR count). The monoisotopic (exact) mass is 275 g/mol. The Kier molecular flexibility index (Phi) is 4.66. The summed E-state index contributed by atoms with van der Waals surface area (Å²) in [6.07, 6.45) is 1.45. The van der Waals surface area contributed by atoms with E-state index in [1.165, 1.54) is 12.1 Å². The van der Waals surface area contributed by atoms with Gasteiger partial charge in [-0.3, -0.25) is 0 Å². The molecule has 1 aromatic carbocycles. The van der Waals surface area contributed by atoms with Crippen molar-refractivity contribution in [3.63, 3.8) is 0 Å². The highest BCUT2D eigenvalue weighted by Crippen LogP contribution is 2.18. The summed E-state index contributed by atoms with van der Waals surface area (Å²) >= 11 is 0. The lowest BCUT2D eigenvalue weighted by molar-refractivity contribution is 0.0693. The molecule has 0 saturated carbocycles. The Morgan fingerprint density at radius 3 is 2.67 bits per heavy atom. The first kappa shape index (κ1) is 14.4. The number of halogens is 1. The number of carboxylic acids is 1. The maximum Gasteiger partial charge on any atom is 0.340 e. The van der Waals surface area contributed by atoms with Gasteiger partial charge in [-0.05, 0) is 18.6 Å². The van der Waals surface area contributed by atoms with Gasteiger partial charge in [0, 0.05) is 12.8 Å². The summed E-state index contributed by atoms with van der Waals surface area (Å²) in [6, 6.07) is 3.89. The molecule has 0 fully saturated rings. The molecular weight excluding hydrogens is 261 g/mol. The van der Waals surface area contributed by atoms with Gasteiger partial charge >= 0.3 is 5.97 Å². The van der Waals surface area contributed by atoms with E-state index in [1.807, 2.05) is 0 Å². The minimum atomic E-state index is -3.04. The van der Waals surface area contributed by atoms with Crippen molar-refractivity contribution >= 4 is 21.5 Å². The van der Waals surface area contributed by atoms with Crippen molar-refractivity contribution in [2.45, 2.75) is 6.42 Å². The van der Waals surface area contributed by atoms with Gasteiger partial charge in [0.1, 0.15) is 21.2 Å². The molecule has 7 heteroatoms. The molecule has 0 atom stereocenters. The number of benzene rings is 1. The molecule has 100 valence electrons. The largest absolute Gasteiger partial charge is 0.478 e. The lowest BCUT2D eigenvalue weighted by atomic mass is 10.1. The molecule has 0 aliphatic rings. The van der Waals surface area contributed by atoms with Gasteiger partial charge in [0.15, 0.2) is 0 Å². The van der Waals surface area contributed by atoms with E-state index < -0.39 is 27.2 Å². The molecule has 0 spiro atoms. The van der Waals surface area contributed by atoms with Gasteiger partial charge in [0.2, 0.25) is 0 Å². The third kappa shape index (κ3) is 4.33. The first-order chi connectivity index (χ1) is 8.31. The van der Waals surface area contributed by atoms with Gasteiger partial charge in [-0.1, -0.05) is 6.07 Å². The summed E-state index contributed by atoms with van der Waals surface area (Å²) in [7, 11) is -3.04.